The van der Waals surface area contributed by atoms with Crippen LogP contribution in [0.1, 0.15) is 10.4 Å². The first kappa shape index (κ1) is 14.8. The van der Waals surface area contributed by atoms with Crippen LogP contribution in [0.3, 0.4) is 0 Å². The van der Waals surface area contributed by atoms with Crippen LogP contribution in [0, 0.1) is 0 Å². The largest absolute Gasteiger partial charge is 0.332 e. The quantitative estimate of drug-likeness (QED) is 0.888. The lowest BCUT2D eigenvalue weighted by molar-refractivity contribution is 0.0516. The van der Waals surface area contributed by atoms with E-state index >= 15 is 0 Å². The van der Waals surface area contributed by atoms with Gasteiger partial charge >= 0.3 is 0 Å². The number of rotatable bonds is 2. The van der Waals surface area contributed by atoms with E-state index in [1.807, 2.05) is 18.0 Å². The average molecular weight is 347 g/mol. The summed E-state index contributed by atoms with van der Waals surface area (Å²) < 4.78 is 0.864. The fourth-order valence-corrected chi connectivity index (χ4v) is 3.05. The summed E-state index contributed by atoms with van der Waals surface area (Å²) in [7, 11) is 2.04. The molecule has 0 saturated carbocycles. The summed E-state index contributed by atoms with van der Waals surface area (Å²) in [5, 5.41) is 0.467. The highest BCUT2D eigenvalue weighted by atomic mass is 79.9. The molecular weight excluding hydrogens is 330 g/mol. The van der Waals surface area contributed by atoms with Crippen molar-refractivity contribution in [1.82, 2.24) is 9.80 Å². The van der Waals surface area contributed by atoms with Crippen LogP contribution in [0.25, 0.3) is 0 Å². The first-order chi connectivity index (χ1) is 9.02. The highest BCUT2D eigenvalue weighted by Gasteiger charge is 2.29. The molecule has 0 radical (unpaired) electrons. The minimum absolute atomic E-state index is 0.0407. The Bertz CT molecular complexity index is 483. The molecule has 1 aromatic rings. The molecule has 0 spiro atoms. The van der Waals surface area contributed by atoms with E-state index in [1.165, 1.54) is 0 Å². The van der Waals surface area contributed by atoms with Crippen LogP contribution in [0.4, 0.5) is 0 Å². The third-order valence-corrected chi connectivity index (χ3v) is 4.19. The van der Waals surface area contributed by atoms with Crippen LogP contribution >= 0.6 is 27.5 Å². The van der Waals surface area contributed by atoms with Gasteiger partial charge in [-0.2, -0.15) is 0 Å². The molecule has 1 fully saturated rings. The number of nitrogens with zero attached hydrogens (tertiary/aromatic N) is 2. The van der Waals surface area contributed by atoms with E-state index in [9.17, 15) is 4.79 Å². The fraction of sp³-hybridized carbons (Fsp3) is 0.462. The third-order valence-electron chi connectivity index (χ3n) is 3.38. The maximum absolute atomic E-state index is 12.6. The first-order valence-electron chi connectivity index (χ1n) is 6.17. The van der Waals surface area contributed by atoms with Gasteiger partial charge in [0, 0.05) is 30.7 Å². The van der Waals surface area contributed by atoms with Crippen LogP contribution in [0.5, 0.6) is 0 Å². The summed E-state index contributed by atoms with van der Waals surface area (Å²) in [4.78, 5) is 16.6. The molecule has 1 atom stereocenters. The van der Waals surface area contributed by atoms with Crippen molar-refractivity contribution < 1.29 is 4.79 Å². The fourth-order valence-electron chi connectivity index (χ4n) is 2.30. The Morgan fingerprint density at radius 2 is 2.26 bits per heavy atom. The second kappa shape index (κ2) is 6.22. The van der Waals surface area contributed by atoms with Gasteiger partial charge < -0.3 is 15.5 Å². The number of hydrogen-bond donors (Lipinski definition) is 1. The number of benzene rings is 1. The molecule has 0 bridgehead atoms. The predicted octanol–water partition coefficient (Wildman–Crippen LogP) is 1.82. The second-order valence-electron chi connectivity index (χ2n) is 4.77. The zero-order chi connectivity index (χ0) is 14.0. The highest BCUT2D eigenvalue weighted by molar-refractivity contribution is 9.10. The zero-order valence-corrected chi connectivity index (χ0v) is 13.1. The monoisotopic (exact) mass is 345 g/mol. The molecule has 1 saturated heterocycles. The molecule has 1 aromatic carbocycles. The lowest BCUT2D eigenvalue weighted by Crippen LogP contribution is -2.56. The van der Waals surface area contributed by atoms with Crippen molar-refractivity contribution in [2.45, 2.75) is 6.04 Å². The van der Waals surface area contributed by atoms with Gasteiger partial charge in [0.1, 0.15) is 0 Å². The number of carbonyl (C=O) groups excluding carboxylic acids is 1. The van der Waals surface area contributed by atoms with E-state index in [0.29, 0.717) is 23.7 Å². The van der Waals surface area contributed by atoms with Gasteiger partial charge in [-0.25, -0.2) is 0 Å². The number of amides is 1. The number of nitrogens with two attached hydrogens (primary N) is 1. The lowest BCUT2D eigenvalue weighted by atomic mass is 10.1. The molecule has 1 amide bonds. The molecule has 0 aromatic heterocycles. The minimum Gasteiger partial charge on any atom is -0.332 e. The summed E-state index contributed by atoms with van der Waals surface area (Å²) in [6, 6.07) is 5.36. The SMILES string of the molecule is CN1CCN(C(=O)c2ccc(Br)cc2Cl)C(CN)C1. The number of halogens is 2. The number of likely N-dealkylation sites (N-methyl/N-ethyl adjacent to an activating group) is 1. The Balaban J connectivity index is 2.22. The summed E-state index contributed by atoms with van der Waals surface area (Å²) in [5.74, 6) is -0.0407. The molecule has 19 heavy (non-hydrogen) atoms. The van der Waals surface area contributed by atoms with E-state index in [1.54, 1.807) is 12.1 Å². The Kier molecular flexibility index (Phi) is 4.84. The average Bonchev–Trinajstić information content (AvgIpc) is 2.37. The van der Waals surface area contributed by atoms with Gasteiger partial charge in [0.25, 0.3) is 5.91 Å². The molecule has 2 N–H and O–H groups in total. The number of carbonyl (C=O) groups is 1. The van der Waals surface area contributed by atoms with Crippen LogP contribution in [-0.4, -0.2) is 55.0 Å². The molecule has 4 nitrogen and oxygen atoms in total. The van der Waals surface area contributed by atoms with Crippen molar-refractivity contribution in [3.05, 3.63) is 33.3 Å². The van der Waals surface area contributed by atoms with Crippen molar-refractivity contribution in [3.8, 4) is 0 Å². The molecule has 1 aliphatic rings. The molecule has 1 unspecified atom stereocenters. The molecule has 0 aliphatic carbocycles. The van der Waals surface area contributed by atoms with Crippen molar-refractivity contribution in [1.29, 1.82) is 0 Å². The van der Waals surface area contributed by atoms with Gasteiger partial charge in [-0.15, -0.1) is 0 Å². The van der Waals surface area contributed by atoms with Crippen LogP contribution in [0.15, 0.2) is 22.7 Å². The summed E-state index contributed by atoms with van der Waals surface area (Å²) in [6.45, 7) is 2.81. The zero-order valence-electron chi connectivity index (χ0n) is 10.8. The van der Waals surface area contributed by atoms with E-state index in [-0.39, 0.29) is 11.9 Å². The lowest BCUT2D eigenvalue weighted by Gasteiger charge is -2.39. The van der Waals surface area contributed by atoms with Gasteiger partial charge in [-0.05, 0) is 25.2 Å². The molecule has 1 aliphatic heterocycles. The molecule has 1 heterocycles. The van der Waals surface area contributed by atoms with Crippen molar-refractivity contribution in [2.75, 3.05) is 33.2 Å². The van der Waals surface area contributed by atoms with Crippen molar-refractivity contribution >= 4 is 33.4 Å². The molecular formula is C13H17BrClN3O. The molecule has 104 valence electrons. The van der Waals surface area contributed by atoms with E-state index in [0.717, 1.165) is 17.6 Å². The minimum atomic E-state index is -0.0407. The topological polar surface area (TPSA) is 49.6 Å². The summed E-state index contributed by atoms with van der Waals surface area (Å²) >= 11 is 9.48. The first-order valence-corrected chi connectivity index (χ1v) is 7.34. The van der Waals surface area contributed by atoms with Gasteiger partial charge in [-0.3, -0.25) is 4.79 Å². The second-order valence-corrected chi connectivity index (χ2v) is 6.10. The normalized spacial score (nSPS) is 20.6. The maximum atomic E-state index is 12.6. The number of hydrogen-bond acceptors (Lipinski definition) is 3. The van der Waals surface area contributed by atoms with Gasteiger partial charge in [0.15, 0.2) is 0 Å². The maximum Gasteiger partial charge on any atom is 0.255 e. The predicted molar refractivity (Wildman–Crippen MR) is 80.5 cm³/mol. The molecule has 6 heteroatoms. The summed E-state index contributed by atoms with van der Waals surface area (Å²) in [6.07, 6.45) is 0. The van der Waals surface area contributed by atoms with E-state index in [2.05, 4.69) is 20.8 Å². The van der Waals surface area contributed by atoms with Crippen LogP contribution in [-0.2, 0) is 0 Å². The Morgan fingerprint density at radius 1 is 1.53 bits per heavy atom. The van der Waals surface area contributed by atoms with Crippen LogP contribution < -0.4 is 5.73 Å². The van der Waals surface area contributed by atoms with Gasteiger partial charge in [0.05, 0.1) is 16.6 Å². The Hall–Kier alpha value is -0.620. The van der Waals surface area contributed by atoms with E-state index < -0.39 is 0 Å². The standard InChI is InChI=1S/C13H17BrClN3O/c1-17-4-5-18(10(7-16)8-17)13(19)11-3-2-9(14)6-12(11)15/h2-3,6,10H,4-5,7-8,16H2,1H3. The Labute approximate surface area is 126 Å². The summed E-state index contributed by atoms with van der Waals surface area (Å²) in [5.41, 5.74) is 6.31. The molecule has 2 rings (SSSR count). The third kappa shape index (κ3) is 3.28. The van der Waals surface area contributed by atoms with Crippen LogP contribution in [0.2, 0.25) is 5.02 Å². The Morgan fingerprint density at radius 3 is 2.89 bits per heavy atom. The van der Waals surface area contributed by atoms with Gasteiger partial charge in [-0.1, -0.05) is 27.5 Å². The number of piperazine rings is 1. The van der Waals surface area contributed by atoms with Crippen molar-refractivity contribution in [2.24, 2.45) is 5.73 Å². The highest BCUT2D eigenvalue weighted by Crippen LogP contribution is 2.24. The van der Waals surface area contributed by atoms with Crippen molar-refractivity contribution in [3.63, 3.8) is 0 Å². The van der Waals surface area contributed by atoms with Gasteiger partial charge in [0.2, 0.25) is 0 Å². The van der Waals surface area contributed by atoms with E-state index in [4.69, 9.17) is 17.3 Å². The smallest absolute Gasteiger partial charge is 0.255 e.